The van der Waals surface area contributed by atoms with Gasteiger partial charge in [-0.1, -0.05) is 12.1 Å². The van der Waals surface area contributed by atoms with Crippen molar-refractivity contribution < 1.29 is 14.3 Å². The highest BCUT2D eigenvalue weighted by Crippen LogP contribution is 2.03. The fraction of sp³-hybridized carbons (Fsp3) is 0.250. The van der Waals surface area contributed by atoms with Gasteiger partial charge in [-0.05, 0) is 23.8 Å². The lowest BCUT2D eigenvalue weighted by molar-refractivity contribution is 0.194. The highest BCUT2D eigenvalue weighted by molar-refractivity contribution is 5.75. The number of carbonyl (C=O) groups excluding carboxylic acids is 1. The van der Waals surface area contributed by atoms with Gasteiger partial charge in [0.15, 0.2) is 0 Å². The molecule has 0 atom stereocenters. The monoisotopic (exact) mass is 238 g/mol. The van der Waals surface area contributed by atoms with Gasteiger partial charge in [-0.2, -0.15) is 0 Å². The van der Waals surface area contributed by atoms with Gasteiger partial charge < -0.3 is 15.3 Å². The maximum absolute atomic E-state index is 12.6. The molecule has 0 radical (unpaired) electrons. The molecule has 92 valence electrons. The molecule has 1 aromatic rings. The SMILES string of the molecule is CN(CCO)C(=O)N/C=C/c1ccc(F)cc1. The third-order valence-electron chi connectivity index (χ3n) is 2.13. The Morgan fingerprint density at radius 1 is 1.47 bits per heavy atom. The van der Waals surface area contributed by atoms with E-state index in [-0.39, 0.29) is 25.0 Å². The van der Waals surface area contributed by atoms with E-state index in [1.54, 1.807) is 25.3 Å². The predicted octanol–water partition coefficient (Wildman–Crippen LogP) is 1.43. The Morgan fingerprint density at radius 3 is 2.71 bits per heavy atom. The first-order valence-electron chi connectivity index (χ1n) is 5.18. The number of nitrogens with zero attached hydrogens (tertiary/aromatic N) is 1. The van der Waals surface area contributed by atoms with Gasteiger partial charge in [-0.25, -0.2) is 9.18 Å². The molecule has 17 heavy (non-hydrogen) atoms. The number of aliphatic hydroxyl groups excluding tert-OH is 1. The van der Waals surface area contributed by atoms with Crippen LogP contribution in [-0.2, 0) is 0 Å². The largest absolute Gasteiger partial charge is 0.395 e. The number of halogens is 1. The smallest absolute Gasteiger partial charge is 0.321 e. The molecule has 2 amide bonds. The van der Waals surface area contributed by atoms with E-state index in [9.17, 15) is 9.18 Å². The van der Waals surface area contributed by atoms with Crippen LogP contribution in [-0.4, -0.2) is 36.2 Å². The first kappa shape index (κ1) is 13.2. The first-order chi connectivity index (χ1) is 8.13. The summed E-state index contributed by atoms with van der Waals surface area (Å²) in [5, 5.41) is 11.2. The lowest BCUT2D eigenvalue weighted by atomic mass is 10.2. The quantitative estimate of drug-likeness (QED) is 0.833. The van der Waals surface area contributed by atoms with E-state index in [4.69, 9.17) is 5.11 Å². The Hall–Kier alpha value is -1.88. The van der Waals surface area contributed by atoms with Crippen molar-refractivity contribution >= 4 is 12.1 Å². The molecule has 0 heterocycles. The highest BCUT2D eigenvalue weighted by Gasteiger charge is 2.03. The summed E-state index contributed by atoms with van der Waals surface area (Å²) in [6, 6.07) is 5.60. The fourth-order valence-electron chi connectivity index (χ4n) is 1.14. The predicted molar refractivity (Wildman–Crippen MR) is 63.7 cm³/mol. The number of carbonyl (C=O) groups is 1. The molecule has 0 aliphatic rings. The number of hydrogen-bond donors (Lipinski definition) is 2. The van der Waals surface area contributed by atoms with Crippen LogP contribution in [0.1, 0.15) is 5.56 Å². The van der Waals surface area contributed by atoms with E-state index < -0.39 is 0 Å². The van der Waals surface area contributed by atoms with Crippen molar-refractivity contribution in [2.45, 2.75) is 0 Å². The van der Waals surface area contributed by atoms with Gasteiger partial charge in [-0.3, -0.25) is 0 Å². The zero-order chi connectivity index (χ0) is 12.7. The van der Waals surface area contributed by atoms with E-state index >= 15 is 0 Å². The standard InChI is InChI=1S/C12H15FN2O2/c1-15(8-9-16)12(17)14-7-6-10-2-4-11(13)5-3-10/h2-7,16H,8-9H2,1H3,(H,14,17)/b7-6+. The summed E-state index contributed by atoms with van der Waals surface area (Å²) in [6.45, 7) is 0.196. The molecular formula is C12H15FN2O2. The normalized spacial score (nSPS) is 10.5. The third-order valence-corrected chi connectivity index (χ3v) is 2.13. The maximum Gasteiger partial charge on any atom is 0.321 e. The summed E-state index contributed by atoms with van der Waals surface area (Å²) in [5.74, 6) is -0.297. The van der Waals surface area contributed by atoms with Crippen LogP contribution < -0.4 is 5.32 Å². The molecule has 0 fully saturated rings. The Kier molecular flexibility index (Phi) is 5.16. The van der Waals surface area contributed by atoms with Gasteiger partial charge >= 0.3 is 6.03 Å². The molecule has 0 aliphatic carbocycles. The van der Waals surface area contributed by atoms with Crippen molar-refractivity contribution in [3.63, 3.8) is 0 Å². The molecule has 2 N–H and O–H groups in total. The van der Waals surface area contributed by atoms with Crippen molar-refractivity contribution in [2.75, 3.05) is 20.2 Å². The van der Waals surface area contributed by atoms with Crippen LogP contribution in [0.4, 0.5) is 9.18 Å². The number of aliphatic hydroxyl groups is 1. The van der Waals surface area contributed by atoms with E-state index in [1.165, 1.54) is 23.2 Å². The van der Waals surface area contributed by atoms with Crippen molar-refractivity contribution in [3.05, 3.63) is 41.8 Å². The lowest BCUT2D eigenvalue weighted by Crippen LogP contribution is -2.36. The Bertz CT molecular complexity index is 390. The molecule has 5 heteroatoms. The topological polar surface area (TPSA) is 52.6 Å². The molecule has 0 aromatic heterocycles. The highest BCUT2D eigenvalue weighted by atomic mass is 19.1. The number of likely N-dealkylation sites (N-methyl/N-ethyl adjacent to an activating group) is 1. The van der Waals surface area contributed by atoms with Gasteiger partial charge in [0.2, 0.25) is 0 Å². The molecule has 0 aliphatic heterocycles. The summed E-state index contributed by atoms with van der Waals surface area (Å²) < 4.78 is 12.6. The second-order valence-corrected chi connectivity index (χ2v) is 3.48. The van der Waals surface area contributed by atoms with Gasteiger partial charge in [0, 0.05) is 19.8 Å². The van der Waals surface area contributed by atoms with E-state index in [1.807, 2.05) is 0 Å². The van der Waals surface area contributed by atoms with E-state index in [2.05, 4.69) is 5.32 Å². The number of benzene rings is 1. The number of urea groups is 1. The van der Waals surface area contributed by atoms with Crippen molar-refractivity contribution in [3.8, 4) is 0 Å². The van der Waals surface area contributed by atoms with Crippen LogP contribution in [0.2, 0.25) is 0 Å². The number of rotatable bonds is 4. The minimum Gasteiger partial charge on any atom is -0.395 e. The van der Waals surface area contributed by atoms with Crippen LogP contribution >= 0.6 is 0 Å². The van der Waals surface area contributed by atoms with Gasteiger partial charge in [0.25, 0.3) is 0 Å². The molecule has 4 nitrogen and oxygen atoms in total. The van der Waals surface area contributed by atoms with Crippen LogP contribution in [0.25, 0.3) is 6.08 Å². The Balaban J connectivity index is 2.44. The molecule has 0 saturated heterocycles. The Morgan fingerprint density at radius 2 is 2.12 bits per heavy atom. The molecule has 1 rings (SSSR count). The maximum atomic E-state index is 12.6. The van der Waals surface area contributed by atoms with Crippen molar-refractivity contribution in [1.82, 2.24) is 10.2 Å². The lowest BCUT2D eigenvalue weighted by Gasteiger charge is -2.14. The number of hydrogen-bond acceptors (Lipinski definition) is 2. The summed E-state index contributed by atoms with van der Waals surface area (Å²) in [4.78, 5) is 12.7. The zero-order valence-corrected chi connectivity index (χ0v) is 9.56. The first-order valence-corrected chi connectivity index (χ1v) is 5.18. The zero-order valence-electron chi connectivity index (χ0n) is 9.56. The summed E-state index contributed by atoms with van der Waals surface area (Å²) in [5.41, 5.74) is 0.788. The van der Waals surface area contributed by atoms with Gasteiger partial charge in [0.05, 0.1) is 6.61 Å². The van der Waals surface area contributed by atoms with Gasteiger partial charge in [-0.15, -0.1) is 0 Å². The molecular weight excluding hydrogens is 223 g/mol. The van der Waals surface area contributed by atoms with Crippen LogP contribution in [0.15, 0.2) is 30.5 Å². The molecule has 0 unspecified atom stereocenters. The molecule has 0 bridgehead atoms. The molecule has 1 aromatic carbocycles. The van der Waals surface area contributed by atoms with Crippen LogP contribution in [0.3, 0.4) is 0 Å². The average Bonchev–Trinajstić information content (AvgIpc) is 2.32. The van der Waals surface area contributed by atoms with Crippen LogP contribution in [0.5, 0.6) is 0 Å². The second-order valence-electron chi connectivity index (χ2n) is 3.48. The second kappa shape index (κ2) is 6.65. The number of nitrogens with one attached hydrogen (secondary N) is 1. The van der Waals surface area contributed by atoms with Crippen molar-refractivity contribution in [2.24, 2.45) is 0 Å². The fourth-order valence-corrected chi connectivity index (χ4v) is 1.14. The van der Waals surface area contributed by atoms with E-state index in [0.29, 0.717) is 0 Å². The summed E-state index contributed by atoms with van der Waals surface area (Å²) >= 11 is 0. The Labute approximate surface area is 99.4 Å². The minimum atomic E-state index is -0.308. The van der Waals surface area contributed by atoms with Gasteiger partial charge in [0.1, 0.15) is 5.82 Å². The minimum absolute atomic E-state index is 0.0778. The van der Waals surface area contributed by atoms with Crippen molar-refractivity contribution in [1.29, 1.82) is 0 Å². The third kappa shape index (κ3) is 4.65. The van der Waals surface area contributed by atoms with Crippen LogP contribution in [0, 0.1) is 5.82 Å². The summed E-state index contributed by atoms with van der Waals surface area (Å²) in [7, 11) is 1.58. The van der Waals surface area contributed by atoms with E-state index in [0.717, 1.165) is 5.56 Å². The summed E-state index contributed by atoms with van der Waals surface area (Å²) in [6.07, 6.45) is 3.13. The average molecular weight is 238 g/mol. The number of amides is 2. The molecule has 0 saturated carbocycles. The molecule has 0 spiro atoms.